The van der Waals surface area contributed by atoms with E-state index in [0.29, 0.717) is 42.1 Å². The summed E-state index contributed by atoms with van der Waals surface area (Å²) >= 11 is 0. The molecule has 0 aliphatic heterocycles. The highest BCUT2D eigenvalue weighted by atomic mass is 16.5. The molecule has 8 heteroatoms. The van der Waals surface area contributed by atoms with E-state index in [0.717, 1.165) is 4.68 Å². The van der Waals surface area contributed by atoms with Crippen LogP contribution in [0.3, 0.4) is 0 Å². The van der Waals surface area contributed by atoms with Crippen LogP contribution in [0.1, 0.15) is 35.3 Å². The number of aryl methyl sites for hydroxylation is 1. The number of nitrogens with zero attached hydrogens (tertiary/aromatic N) is 2. The maximum absolute atomic E-state index is 12.9. The number of rotatable bonds is 5. The maximum atomic E-state index is 12.9. The van der Waals surface area contributed by atoms with Crippen LogP contribution in [-0.4, -0.2) is 35.8 Å². The van der Waals surface area contributed by atoms with E-state index < -0.39 is 11.5 Å². The van der Waals surface area contributed by atoms with Crippen LogP contribution in [0.4, 0.5) is 0 Å². The van der Waals surface area contributed by atoms with Crippen LogP contribution in [0.15, 0.2) is 40.9 Å². The van der Waals surface area contributed by atoms with Gasteiger partial charge in [-0.05, 0) is 31.5 Å². The molecule has 1 aromatic heterocycles. The number of esters is 1. The van der Waals surface area contributed by atoms with Crippen molar-refractivity contribution < 1.29 is 23.8 Å². The largest absolute Gasteiger partial charge is 0.493 e. The second-order valence-corrected chi connectivity index (χ2v) is 6.28. The maximum Gasteiger partial charge on any atom is 0.349 e. The minimum absolute atomic E-state index is 0.0947. The normalized spacial score (nSPS) is 13.7. The zero-order valence-electron chi connectivity index (χ0n) is 15.9. The van der Waals surface area contributed by atoms with Gasteiger partial charge in [-0.2, -0.15) is 9.78 Å². The molecule has 0 atom stereocenters. The van der Waals surface area contributed by atoms with Gasteiger partial charge in [-0.25, -0.2) is 4.79 Å². The van der Waals surface area contributed by atoms with Crippen molar-refractivity contribution in [3.8, 4) is 17.2 Å². The summed E-state index contributed by atoms with van der Waals surface area (Å²) in [5.74, 6) is 0.284. The average molecular weight is 384 g/mol. The van der Waals surface area contributed by atoms with Gasteiger partial charge < -0.3 is 14.2 Å². The highest BCUT2D eigenvalue weighted by Gasteiger charge is 2.21. The number of allylic oxidation sites excluding steroid dienone is 2. The molecule has 0 spiro atoms. The number of aromatic nitrogens is 2. The molecule has 0 bridgehead atoms. The number of benzene rings is 1. The molecule has 146 valence electrons. The molecule has 1 aliphatic rings. The second kappa shape index (κ2) is 8.08. The lowest BCUT2D eigenvalue weighted by Crippen LogP contribution is -2.29. The number of hydrogen-bond acceptors (Lipinski definition) is 7. The zero-order chi connectivity index (χ0) is 20.3. The van der Waals surface area contributed by atoms with Crippen molar-refractivity contribution in [2.75, 3.05) is 14.2 Å². The SMILES string of the molecule is COc1ccc(-n2nc(C)cc(C(=O)OC3=CC(=O)CCC3)c2=O)cc1OC. The minimum atomic E-state index is -0.814. The highest BCUT2D eigenvalue weighted by Crippen LogP contribution is 2.28. The van der Waals surface area contributed by atoms with Gasteiger partial charge in [0.15, 0.2) is 17.3 Å². The Bertz CT molecular complexity index is 1020. The van der Waals surface area contributed by atoms with Crippen LogP contribution in [0.2, 0.25) is 0 Å². The van der Waals surface area contributed by atoms with Crippen molar-refractivity contribution in [3.05, 3.63) is 57.7 Å². The summed E-state index contributed by atoms with van der Waals surface area (Å²) < 4.78 is 16.8. The average Bonchev–Trinajstić information content (AvgIpc) is 2.68. The summed E-state index contributed by atoms with van der Waals surface area (Å²) in [7, 11) is 2.99. The predicted molar refractivity (Wildman–Crippen MR) is 100 cm³/mol. The van der Waals surface area contributed by atoms with Gasteiger partial charge in [0.25, 0.3) is 5.56 Å². The Morgan fingerprint density at radius 3 is 2.50 bits per heavy atom. The topological polar surface area (TPSA) is 96.7 Å². The molecule has 0 amide bonds. The molecule has 1 aromatic carbocycles. The van der Waals surface area contributed by atoms with Crippen LogP contribution in [0.25, 0.3) is 5.69 Å². The van der Waals surface area contributed by atoms with Crippen molar-refractivity contribution in [3.63, 3.8) is 0 Å². The summed E-state index contributed by atoms with van der Waals surface area (Å²) in [4.78, 5) is 36.9. The molecule has 1 heterocycles. The van der Waals surface area contributed by atoms with Gasteiger partial charge in [0.1, 0.15) is 11.3 Å². The Kier molecular flexibility index (Phi) is 5.58. The van der Waals surface area contributed by atoms with Crippen molar-refractivity contribution in [1.82, 2.24) is 9.78 Å². The summed E-state index contributed by atoms with van der Waals surface area (Å²) in [6, 6.07) is 6.23. The van der Waals surface area contributed by atoms with Gasteiger partial charge in [0.2, 0.25) is 0 Å². The Morgan fingerprint density at radius 2 is 1.82 bits per heavy atom. The van der Waals surface area contributed by atoms with Crippen molar-refractivity contribution in [2.45, 2.75) is 26.2 Å². The van der Waals surface area contributed by atoms with Gasteiger partial charge >= 0.3 is 5.97 Å². The Labute approximate surface area is 161 Å². The number of carbonyl (C=O) groups excluding carboxylic acids is 2. The number of ketones is 1. The molecule has 2 aromatic rings. The standard InChI is InChI=1S/C20H20N2O6/c1-12-9-16(20(25)28-15-6-4-5-14(23)11-15)19(24)22(21-12)13-7-8-17(26-2)18(10-13)27-3/h7-11H,4-6H2,1-3H3. The van der Waals surface area contributed by atoms with E-state index in [2.05, 4.69) is 5.10 Å². The molecule has 3 rings (SSSR count). The van der Waals surface area contributed by atoms with Crippen molar-refractivity contribution in [1.29, 1.82) is 0 Å². The first-order chi connectivity index (χ1) is 13.4. The van der Waals surface area contributed by atoms with E-state index in [4.69, 9.17) is 14.2 Å². The van der Waals surface area contributed by atoms with Crippen LogP contribution in [0.5, 0.6) is 11.5 Å². The van der Waals surface area contributed by atoms with E-state index in [9.17, 15) is 14.4 Å². The molecule has 0 saturated heterocycles. The lowest BCUT2D eigenvalue weighted by atomic mass is 10.1. The molecule has 0 radical (unpaired) electrons. The predicted octanol–water partition coefficient (Wildman–Crippen LogP) is 2.35. The molecule has 0 saturated carbocycles. The van der Waals surface area contributed by atoms with Crippen LogP contribution < -0.4 is 15.0 Å². The molecule has 0 fully saturated rings. The van der Waals surface area contributed by atoms with Gasteiger partial charge in [0, 0.05) is 25.0 Å². The molecular formula is C20H20N2O6. The van der Waals surface area contributed by atoms with Crippen molar-refractivity contribution in [2.24, 2.45) is 0 Å². The molecular weight excluding hydrogens is 364 g/mol. The lowest BCUT2D eigenvalue weighted by molar-refractivity contribution is -0.115. The second-order valence-electron chi connectivity index (χ2n) is 6.28. The number of methoxy groups -OCH3 is 2. The summed E-state index contributed by atoms with van der Waals surface area (Å²) in [6.07, 6.45) is 2.83. The van der Waals surface area contributed by atoms with Crippen LogP contribution in [0, 0.1) is 6.92 Å². The molecule has 8 nitrogen and oxygen atoms in total. The fourth-order valence-corrected chi connectivity index (χ4v) is 2.91. The fourth-order valence-electron chi connectivity index (χ4n) is 2.91. The van der Waals surface area contributed by atoms with Gasteiger partial charge in [0.05, 0.1) is 25.6 Å². The van der Waals surface area contributed by atoms with Gasteiger partial charge in [-0.1, -0.05) is 0 Å². The Hall–Kier alpha value is -3.42. The third-order valence-electron chi connectivity index (χ3n) is 4.26. The summed E-state index contributed by atoms with van der Waals surface area (Å²) in [5.41, 5.74) is 0.0641. The highest BCUT2D eigenvalue weighted by molar-refractivity contribution is 5.93. The summed E-state index contributed by atoms with van der Waals surface area (Å²) in [5, 5.41) is 4.21. The fraction of sp³-hybridized carbons (Fsp3) is 0.300. The molecule has 1 aliphatic carbocycles. The third kappa shape index (κ3) is 3.95. The van der Waals surface area contributed by atoms with E-state index >= 15 is 0 Å². The van der Waals surface area contributed by atoms with E-state index in [1.807, 2.05) is 0 Å². The first-order valence-electron chi connectivity index (χ1n) is 8.72. The quantitative estimate of drug-likeness (QED) is 0.730. The van der Waals surface area contributed by atoms with Gasteiger partial charge in [-0.3, -0.25) is 9.59 Å². The molecule has 28 heavy (non-hydrogen) atoms. The lowest BCUT2D eigenvalue weighted by Gasteiger charge is -2.14. The number of ether oxygens (including phenoxy) is 3. The molecule has 0 unspecified atom stereocenters. The first-order valence-corrected chi connectivity index (χ1v) is 8.72. The van der Waals surface area contributed by atoms with Gasteiger partial charge in [-0.15, -0.1) is 0 Å². The van der Waals surface area contributed by atoms with E-state index in [-0.39, 0.29) is 17.1 Å². The number of carbonyl (C=O) groups is 2. The first kappa shape index (κ1) is 19.3. The van der Waals surface area contributed by atoms with E-state index in [1.54, 1.807) is 25.1 Å². The Morgan fingerprint density at radius 1 is 1.07 bits per heavy atom. The summed E-state index contributed by atoms with van der Waals surface area (Å²) in [6.45, 7) is 1.66. The monoisotopic (exact) mass is 384 g/mol. The molecule has 0 N–H and O–H groups in total. The smallest absolute Gasteiger partial charge is 0.349 e. The third-order valence-corrected chi connectivity index (χ3v) is 4.26. The van der Waals surface area contributed by atoms with E-state index in [1.165, 1.54) is 26.4 Å². The minimum Gasteiger partial charge on any atom is -0.493 e. The van der Waals surface area contributed by atoms with Crippen LogP contribution in [-0.2, 0) is 9.53 Å². The number of hydrogen-bond donors (Lipinski definition) is 0. The Balaban J connectivity index is 2.00. The van der Waals surface area contributed by atoms with Crippen molar-refractivity contribution >= 4 is 11.8 Å². The van der Waals surface area contributed by atoms with Crippen LogP contribution >= 0.6 is 0 Å². The zero-order valence-corrected chi connectivity index (χ0v) is 15.9.